The fourth-order valence-electron chi connectivity index (χ4n) is 7.22. The number of hydrogen-bond donors (Lipinski definition) is 1. The summed E-state index contributed by atoms with van der Waals surface area (Å²) in [6, 6.07) is 30.1. The fraction of sp³-hybridized carbons (Fsp3) is 0.270. The molecule has 0 atom stereocenters. The lowest BCUT2D eigenvalue weighted by atomic mass is 9.77. The molecule has 1 N–H and O–H groups in total. The van der Waals surface area contributed by atoms with Gasteiger partial charge in [0, 0.05) is 45.0 Å². The largest absolute Gasteiger partial charge is 0.380 e. The van der Waals surface area contributed by atoms with E-state index in [2.05, 4.69) is 127 Å². The van der Waals surface area contributed by atoms with Gasteiger partial charge < -0.3 is 9.88 Å². The molecule has 4 heterocycles. The van der Waals surface area contributed by atoms with Gasteiger partial charge in [-0.1, -0.05) is 48.5 Å². The molecule has 1 fully saturated rings. The third kappa shape index (κ3) is 4.52. The monoisotopic (exact) mass is 564 g/mol. The number of pyridine rings is 2. The molecule has 0 unspecified atom stereocenters. The highest BCUT2D eigenvalue weighted by molar-refractivity contribution is 6.16. The topological polar surface area (TPSA) is 69.8 Å². The highest BCUT2D eigenvalue weighted by Crippen LogP contribution is 2.41. The van der Waals surface area contributed by atoms with Crippen molar-refractivity contribution in [1.82, 2.24) is 19.4 Å². The third-order valence-corrected chi connectivity index (χ3v) is 9.50. The molecule has 6 nitrogen and oxygen atoms in total. The third-order valence-electron chi connectivity index (χ3n) is 9.50. The average molecular weight is 565 g/mol. The Hall–Kier alpha value is -4.73. The minimum absolute atomic E-state index is 0.0259. The molecule has 3 aromatic heterocycles. The summed E-state index contributed by atoms with van der Waals surface area (Å²) in [5, 5.41) is 17.2. The van der Waals surface area contributed by atoms with E-state index in [1.54, 1.807) is 0 Å². The van der Waals surface area contributed by atoms with E-state index in [-0.39, 0.29) is 17.1 Å². The van der Waals surface area contributed by atoms with Crippen LogP contribution in [-0.4, -0.2) is 43.6 Å². The highest BCUT2D eigenvalue weighted by Gasteiger charge is 2.43. The second-order valence-corrected chi connectivity index (χ2v) is 13.1. The predicted octanol–water partition coefficient (Wildman–Crippen LogP) is 8.33. The molecule has 0 bridgehead atoms. The van der Waals surface area contributed by atoms with Crippen molar-refractivity contribution < 1.29 is 0 Å². The highest BCUT2D eigenvalue weighted by atomic mass is 15.2. The van der Waals surface area contributed by atoms with Crippen molar-refractivity contribution in [2.24, 2.45) is 0 Å². The summed E-state index contributed by atoms with van der Waals surface area (Å²) in [6.45, 7) is 9.18. The molecular weight excluding hydrogens is 528 g/mol. The summed E-state index contributed by atoms with van der Waals surface area (Å²) in [4.78, 5) is 11.9. The van der Waals surface area contributed by atoms with Gasteiger partial charge in [-0.2, -0.15) is 5.26 Å². The Morgan fingerprint density at radius 3 is 2.35 bits per heavy atom. The Morgan fingerprint density at radius 1 is 0.837 bits per heavy atom. The van der Waals surface area contributed by atoms with Crippen molar-refractivity contribution >= 4 is 38.4 Å². The van der Waals surface area contributed by atoms with Crippen molar-refractivity contribution in [1.29, 1.82) is 5.26 Å². The van der Waals surface area contributed by atoms with Crippen LogP contribution < -0.4 is 5.32 Å². The van der Waals surface area contributed by atoms with E-state index in [1.165, 1.54) is 10.8 Å². The quantitative estimate of drug-likeness (QED) is 0.233. The van der Waals surface area contributed by atoms with Crippen LogP contribution in [0.3, 0.4) is 0 Å². The van der Waals surface area contributed by atoms with E-state index in [1.807, 2.05) is 24.5 Å². The first-order valence-electron chi connectivity index (χ1n) is 14.9. The number of hydrogen-bond acceptors (Lipinski definition) is 5. The SMILES string of the molecule is CN1C(C)(C)CC(Nc2cc(-n3c4ccccc4c4c(-c5cnc6ccccc6c5)cccc43)cnc2C#N)CC1(C)C. The zero-order valence-electron chi connectivity index (χ0n) is 25.4. The lowest BCUT2D eigenvalue weighted by molar-refractivity contribution is -0.00768. The molecule has 7 rings (SSSR count). The molecular formula is C37H36N6. The number of anilines is 1. The van der Waals surface area contributed by atoms with Gasteiger partial charge in [0.1, 0.15) is 6.07 Å². The normalized spacial score (nSPS) is 16.9. The Bertz CT molecular complexity index is 2040. The molecule has 1 saturated heterocycles. The van der Waals surface area contributed by atoms with E-state index in [0.29, 0.717) is 5.69 Å². The van der Waals surface area contributed by atoms with Crippen LogP contribution in [0.5, 0.6) is 0 Å². The number of likely N-dealkylation sites (tertiary alicyclic amines) is 1. The summed E-state index contributed by atoms with van der Waals surface area (Å²) in [5.74, 6) is 0. The summed E-state index contributed by atoms with van der Waals surface area (Å²) in [7, 11) is 2.21. The van der Waals surface area contributed by atoms with Crippen LogP contribution in [0, 0.1) is 11.3 Å². The number of nitrogens with one attached hydrogen (secondary N) is 1. The molecule has 0 spiro atoms. The summed E-state index contributed by atoms with van der Waals surface area (Å²) in [6.07, 6.45) is 5.74. The molecule has 0 aliphatic carbocycles. The minimum Gasteiger partial charge on any atom is -0.380 e. The molecule has 1 aliphatic heterocycles. The van der Waals surface area contributed by atoms with Crippen LogP contribution in [0.2, 0.25) is 0 Å². The van der Waals surface area contributed by atoms with Crippen LogP contribution in [0.15, 0.2) is 91.3 Å². The van der Waals surface area contributed by atoms with Crippen molar-refractivity contribution in [2.45, 2.75) is 57.7 Å². The first kappa shape index (κ1) is 27.1. The van der Waals surface area contributed by atoms with Gasteiger partial charge in [-0.15, -0.1) is 0 Å². The van der Waals surface area contributed by atoms with Crippen LogP contribution in [0.4, 0.5) is 5.69 Å². The van der Waals surface area contributed by atoms with Gasteiger partial charge in [-0.3, -0.25) is 9.88 Å². The molecule has 0 radical (unpaired) electrons. The van der Waals surface area contributed by atoms with Crippen LogP contribution in [0.1, 0.15) is 46.2 Å². The number of fused-ring (bicyclic) bond motifs is 4. The van der Waals surface area contributed by atoms with Crippen molar-refractivity contribution in [3.05, 3.63) is 97.0 Å². The van der Waals surface area contributed by atoms with Crippen LogP contribution in [0.25, 0.3) is 49.5 Å². The molecule has 0 saturated carbocycles. The molecule has 3 aromatic carbocycles. The molecule has 214 valence electrons. The lowest BCUT2D eigenvalue weighted by Crippen LogP contribution is -2.61. The zero-order valence-corrected chi connectivity index (χ0v) is 25.4. The van der Waals surface area contributed by atoms with Gasteiger partial charge in [-0.25, -0.2) is 4.98 Å². The van der Waals surface area contributed by atoms with Gasteiger partial charge in [0.25, 0.3) is 0 Å². The zero-order chi connectivity index (χ0) is 29.9. The van der Waals surface area contributed by atoms with E-state index in [0.717, 1.165) is 57.3 Å². The maximum atomic E-state index is 10.0. The Kier molecular flexibility index (Phi) is 6.26. The smallest absolute Gasteiger partial charge is 0.163 e. The number of nitriles is 1. The average Bonchev–Trinajstić information content (AvgIpc) is 3.34. The van der Waals surface area contributed by atoms with Gasteiger partial charge in [0.05, 0.1) is 34.1 Å². The Morgan fingerprint density at radius 2 is 1.56 bits per heavy atom. The maximum Gasteiger partial charge on any atom is 0.163 e. The van der Waals surface area contributed by atoms with E-state index in [9.17, 15) is 5.26 Å². The van der Waals surface area contributed by atoms with Gasteiger partial charge in [0.2, 0.25) is 0 Å². The molecule has 0 amide bonds. The molecule has 43 heavy (non-hydrogen) atoms. The number of nitrogens with zero attached hydrogens (tertiary/aromatic N) is 5. The lowest BCUT2D eigenvalue weighted by Gasteiger charge is -2.53. The van der Waals surface area contributed by atoms with E-state index >= 15 is 0 Å². The number of para-hydroxylation sites is 2. The Labute approximate surface area is 252 Å². The maximum absolute atomic E-state index is 10.0. The minimum atomic E-state index is 0.0259. The number of rotatable bonds is 4. The van der Waals surface area contributed by atoms with Gasteiger partial charge in [-0.05, 0) is 83.5 Å². The summed E-state index contributed by atoms with van der Waals surface area (Å²) < 4.78 is 2.27. The Balaban J connectivity index is 1.38. The first-order valence-corrected chi connectivity index (χ1v) is 14.9. The van der Waals surface area contributed by atoms with Gasteiger partial charge in [0.15, 0.2) is 5.69 Å². The van der Waals surface area contributed by atoms with Crippen molar-refractivity contribution in [3.63, 3.8) is 0 Å². The van der Waals surface area contributed by atoms with Crippen LogP contribution in [-0.2, 0) is 0 Å². The van der Waals surface area contributed by atoms with Gasteiger partial charge >= 0.3 is 0 Å². The first-order chi connectivity index (χ1) is 20.7. The summed E-state index contributed by atoms with van der Waals surface area (Å²) >= 11 is 0. The number of piperidine rings is 1. The van der Waals surface area contributed by atoms with E-state index < -0.39 is 0 Å². The molecule has 1 aliphatic rings. The predicted molar refractivity (Wildman–Crippen MR) is 177 cm³/mol. The van der Waals surface area contributed by atoms with Crippen molar-refractivity contribution in [3.8, 4) is 22.9 Å². The second-order valence-electron chi connectivity index (χ2n) is 13.1. The van der Waals surface area contributed by atoms with Crippen molar-refractivity contribution in [2.75, 3.05) is 12.4 Å². The number of benzene rings is 3. The van der Waals surface area contributed by atoms with E-state index in [4.69, 9.17) is 4.98 Å². The fourth-order valence-corrected chi connectivity index (χ4v) is 7.22. The standard InChI is InChI=1S/C37H36N6/c1-36(2)19-26(20-37(3,4)42(36)5)41-31-18-27(23-40-32(31)21-38)43-33-15-9-7-12-29(33)35-28(13-10-16-34(35)43)25-17-24-11-6-8-14-30(24)39-22-25/h6-18,22-23,26,41H,19-20H2,1-5H3. The van der Waals surface area contributed by atoms with Crippen LogP contribution >= 0.6 is 0 Å². The summed E-state index contributed by atoms with van der Waals surface area (Å²) in [5.41, 5.74) is 7.57. The molecule has 6 aromatic rings. The second kappa shape index (κ2) is 9.93. The number of aromatic nitrogens is 3. The molecule has 6 heteroatoms.